The number of rotatable bonds is 4. The zero-order valence-corrected chi connectivity index (χ0v) is 16.7. The Hall–Kier alpha value is -1.61. The molecule has 1 unspecified atom stereocenters. The Morgan fingerprint density at radius 3 is 2.92 bits per heavy atom. The second-order valence-electron chi connectivity index (χ2n) is 6.06. The maximum atomic E-state index is 12.8. The van der Waals surface area contributed by atoms with Crippen molar-refractivity contribution in [3.63, 3.8) is 0 Å². The highest BCUT2D eigenvalue weighted by atomic mass is 79.9. The third kappa shape index (κ3) is 3.82. The van der Waals surface area contributed by atoms with Gasteiger partial charge in [0.25, 0.3) is 10.0 Å². The number of hydrogen-bond donors (Lipinski definition) is 1. The highest BCUT2D eigenvalue weighted by molar-refractivity contribution is 9.10. The fourth-order valence-electron chi connectivity index (χ4n) is 2.84. The minimum atomic E-state index is -3.83. The quantitative estimate of drug-likeness (QED) is 0.453. The molecule has 0 fully saturated rings. The number of guanidine groups is 1. The average Bonchev–Trinajstić information content (AvgIpc) is 3.21. The number of nitrogens with zero attached hydrogens (tertiary/aromatic N) is 4. The number of hydrogen-bond acceptors (Lipinski definition) is 4. The largest absolute Gasteiger partial charge is 0.354 e. The zero-order valence-electron chi connectivity index (χ0n) is 14.3. The molecule has 1 aromatic carbocycles. The second kappa shape index (κ2) is 7.33. The third-order valence-electron chi connectivity index (χ3n) is 4.33. The van der Waals surface area contributed by atoms with E-state index in [1.165, 1.54) is 0 Å². The summed E-state index contributed by atoms with van der Waals surface area (Å²) in [6.45, 7) is 6.01. The highest BCUT2D eigenvalue weighted by Crippen LogP contribution is 2.33. The van der Waals surface area contributed by atoms with Crippen LogP contribution in [0.1, 0.15) is 25.8 Å². The number of hydrazone groups is 1. The first-order valence-electron chi connectivity index (χ1n) is 8.41. The molecule has 3 rings (SSSR count). The fourth-order valence-corrected chi connectivity index (χ4v) is 4.34. The predicted molar refractivity (Wildman–Crippen MR) is 104 cm³/mol. The van der Waals surface area contributed by atoms with Crippen LogP contribution in [0, 0.1) is 5.92 Å². The van der Waals surface area contributed by atoms with E-state index in [1.54, 1.807) is 17.1 Å². The van der Waals surface area contributed by atoms with Crippen LogP contribution in [-0.2, 0) is 16.4 Å². The minimum absolute atomic E-state index is 0.184. The molecule has 2 aliphatic heterocycles. The monoisotopic (exact) mass is 427 g/mol. The maximum absolute atomic E-state index is 12.8. The van der Waals surface area contributed by atoms with E-state index in [0.29, 0.717) is 19.0 Å². The van der Waals surface area contributed by atoms with Gasteiger partial charge in [0, 0.05) is 41.4 Å². The van der Waals surface area contributed by atoms with Crippen LogP contribution in [0.15, 0.2) is 32.6 Å². The normalized spacial score (nSPS) is 20.3. The van der Waals surface area contributed by atoms with E-state index in [2.05, 4.69) is 37.9 Å². The number of halogens is 1. The van der Waals surface area contributed by atoms with Gasteiger partial charge in [-0.1, -0.05) is 13.0 Å². The van der Waals surface area contributed by atoms with Crippen molar-refractivity contribution in [2.24, 2.45) is 15.4 Å². The van der Waals surface area contributed by atoms with E-state index in [0.717, 1.165) is 30.6 Å². The van der Waals surface area contributed by atoms with Crippen molar-refractivity contribution in [1.29, 1.82) is 0 Å². The van der Waals surface area contributed by atoms with Crippen molar-refractivity contribution in [1.82, 2.24) is 10.3 Å². The van der Waals surface area contributed by atoms with Crippen LogP contribution in [-0.4, -0.2) is 45.2 Å². The Morgan fingerprint density at radius 1 is 1.44 bits per heavy atom. The first kappa shape index (κ1) is 18.2. The SMILES string of the molecule is CCNC(=NS(=O)(=O)c1ccc2c(c1)N(Br)CC2)N1CC(CC)C=N1. The average molecular weight is 428 g/mol. The van der Waals surface area contributed by atoms with Crippen molar-refractivity contribution in [2.75, 3.05) is 23.6 Å². The summed E-state index contributed by atoms with van der Waals surface area (Å²) >= 11 is 3.44. The fraction of sp³-hybridized carbons (Fsp3) is 0.500. The Balaban J connectivity index is 1.91. The summed E-state index contributed by atoms with van der Waals surface area (Å²) in [5.74, 6) is 0.583. The van der Waals surface area contributed by atoms with Gasteiger partial charge in [-0.2, -0.15) is 13.5 Å². The molecule has 0 saturated carbocycles. The Morgan fingerprint density at radius 2 is 2.24 bits per heavy atom. The molecule has 1 N–H and O–H groups in total. The molecule has 1 aromatic rings. The van der Waals surface area contributed by atoms with E-state index < -0.39 is 10.0 Å². The molecule has 0 aromatic heterocycles. The number of fused-ring (bicyclic) bond motifs is 1. The van der Waals surface area contributed by atoms with Gasteiger partial charge in [-0.25, -0.2) is 5.01 Å². The van der Waals surface area contributed by atoms with Crippen molar-refractivity contribution in [3.8, 4) is 0 Å². The second-order valence-corrected chi connectivity index (χ2v) is 8.52. The lowest BCUT2D eigenvalue weighted by Gasteiger charge is -2.18. The van der Waals surface area contributed by atoms with Crippen LogP contribution >= 0.6 is 16.1 Å². The Bertz CT molecular complexity index is 809. The molecule has 25 heavy (non-hydrogen) atoms. The molecule has 9 heteroatoms. The van der Waals surface area contributed by atoms with Crippen molar-refractivity contribution < 1.29 is 8.42 Å². The van der Waals surface area contributed by atoms with Gasteiger partial charge >= 0.3 is 0 Å². The van der Waals surface area contributed by atoms with Gasteiger partial charge in [0.05, 0.1) is 17.1 Å². The number of benzene rings is 1. The van der Waals surface area contributed by atoms with Gasteiger partial charge in [0.1, 0.15) is 0 Å². The molecule has 2 heterocycles. The molecule has 0 aliphatic carbocycles. The molecule has 0 bridgehead atoms. The summed E-state index contributed by atoms with van der Waals surface area (Å²) in [5, 5.41) is 8.93. The first-order chi connectivity index (χ1) is 11.9. The van der Waals surface area contributed by atoms with Gasteiger partial charge in [0.15, 0.2) is 0 Å². The number of nitrogens with one attached hydrogen (secondary N) is 1. The summed E-state index contributed by atoms with van der Waals surface area (Å²) in [6.07, 6.45) is 3.70. The van der Waals surface area contributed by atoms with E-state index in [-0.39, 0.29) is 10.9 Å². The molecular weight excluding hydrogens is 406 g/mol. The molecule has 0 saturated heterocycles. The van der Waals surface area contributed by atoms with Crippen LogP contribution in [0.3, 0.4) is 0 Å². The van der Waals surface area contributed by atoms with E-state index in [1.807, 2.05) is 23.1 Å². The van der Waals surface area contributed by atoms with E-state index in [4.69, 9.17) is 0 Å². The van der Waals surface area contributed by atoms with Crippen LogP contribution in [0.5, 0.6) is 0 Å². The third-order valence-corrected chi connectivity index (χ3v) is 6.33. The lowest BCUT2D eigenvalue weighted by atomic mass is 10.1. The van der Waals surface area contributed by atoms with Crippen LogP contribution in [0.4, 0.5) is 5.69 Å². The number of anilines is 1. The van der Waals surface area contributed by atoms with Gasteiger partial charge in [0.2, 0.25) is 5.96 Å². The summed E-state index contributed by atoms with van der Waals surface area (Å²) in [5.41, 5.74) is 2.01. The molecule has 7 nitrogen and oxygen atoms in total. The maximum Gasteiger partial charge on any atom is 0.285 e. The molecule has 1 atom stereocenters. The number of sulfonamides is 1. The highest BCUT2D eigenvalue weighted by Gasteiger charge is 2.25. The Labute approximate surface area is 157 Å². The van der Waals surface area contributed by atoms with Gasteiger partial charge in [-0.15, -0.1) is 4.40 Å². The van der Waals surface area contributed by atoms with Crippen molar-refractivity contribution >= 4 is 44.0 Å². The van der Waals surface area contributed by atoms with Crippen molar-refractivity contribution in [3.05, 3.63) is 23.8 Å². The summed E-state index contributed by atoms with van der Waals surface area (Å²) in [7, 11) is -3.83. The van der Waals surface area contributed by atoms with Crippen LogP contribution in [0.25, 0.3) is 0 Å². The van der Waals surface area contributed by atoms with Crippen LogP contribution < -0.4 is 9.24 Å². The summed E-state index contributed by atoms with van der Waals surface area (Å²) in [6, 6.07) is 5.14. The first-order valence-corrected chi connectivity index (χ1v) is 10.6. The van der Waals surface area contributed by atoms with Gasteiger partial charge < -0.3 is 9.24 Å². The summed E-state index contributed by atoms with van der Waals surface area (Å²) in [4.78, 5) is 0.184. The molecule has 0 radical (unpaired) electrons. The van der Waals surface area contributed by atoms with E-state index in [9.17, 15) is 8.42 Å². The standard InChI is InChI=1S/C16H22BrN5O2S/c1-3-12-10-19-22(11-12)16(18-4-2)20-25(23,24)14-6-5-13-7-8-21(17)15(13)9-14/h5-6,9-10,12H,3-4,7-8,11H2,1-2H3,(H,18,20). The lowest BCUT2D eigenvalue weighted by Crippen LogP contribution is -2.38. The summed E-state index contributed by atoms with van der Waals surface area (Å²) < 4.78 is 31.5. The Kier molecular flexibility index (Phi) is 5.33. The lowest BCUT2D eigenvalue weighted by molar-refractivity contribution is 0.426. The van der Waals surface area contributed by atoms with Gasteiger partial charge in [-0.3, -0.25) is 0 Å². The van der Waals surface area contributed by atoms with Gasteiger partial charge in [-0.05, 0) is 37.5 Å². The van der Waals surface area contributed by atoms with Crippen molar-refractivity contribution in [2.45, 2.75) is 31.6 Å². The molecule has 0 amide bonds. The predicted octanol–water partition coefficient (Wildman–Crippen LogP) is 2.34. The molecular formula is C16H22BrN5O2S. The van der Waals surface area contributed by atoms with Crippen LogP contribution in [0.2, 0.25) is 0 Å². The van der Waals surface area contributed by atoms with E-state index >= 15 is 0 Å². The molecule has 2 aliphatic rings. The molecule has 0 spiro atoms. The zero-order chi connectivity index (χ0) is 18.0. The molecule has 136 valence electrons. The topological polar surface area (TPSA) is 77.4 Å². The smallest absolute Gasteiger partial charge is 0.285 e. The minimum Gasteiger partial charge on any atom is -0.354 e.